The lowest BCUT2D eigenvalue weighted by Gasteiger charge is -2.33. The standard InChI is InChI=1S/C22H28N4O3/c1-3-25-13-15-26(16-14-25)22(28)19-9-6-8-18(24-19)21(27)23-12-11-17-7-4-5-10-20(17)29-2/h4-10H,3,11-16H2,1-2H3,(H,23,27). The number of para-hydroxylation sites is 1. The monoisotopic (exact) mass is 396 g/mol. The normalized spacial score (nSPS) is 14.5. The molecule has 0 atom stereocenters. The lowest BCUT2D eigenvalue weighted by molar-refractivity contribution is 0.0637. The number of ether oxygens (including phenoxy) is 1. The quantitative estimate of drug-likeness (QED) is 0.773. The van der Waals surface area contributed by atoms with Crippen molar-refractivity contribution in [3.63, 3.8) is 0 Å². The van der Waals surface area contributed by atoms with Crippen LogP contribution in [-0.4, -0.2) is 73.0 Å². The van der Waals surface area contributed by atoms with Crippen LogP contribution < -0.4 is 10.1 Å². The number of amides is 2. The molecule has 0 saturated carbocycles. The summed E-state index contributed by atoms with van der Waals surface area (Å²) < 4.78 is 5.33. The number of methoxy groups -OCH3 is 1. The lowest BCUT2D eigenvalue weighted by Crippen LogP contribution is -2.48. The number of nitrogens with one attached hydrogen (secondary N) is 1. The molecule has 1 aromatic carbocycles. The van der Waals surface area contributed by atoms with Crippen LogP contribution in [0.15, 0.2) is 42.5 Å². The van der Waals surface area contributed by atoms with Crippen LogP contribution in [0.3, 0.4) is 0 Å². The Balaban J connectivity index is 1.57. The molecule has 0 aliphatic carbocycles. The van der Waals surface area contributed by atoms with E-state index in [0.717, 1.165) is 30.9 Å². The predicted molar refractivity (Wildman–Crippen MR) is 111 cm³/mol. The topological polar surface area (TPSA) is 74.8 Å². The highest BCUT2D eigenvalue weighted by atomic mass is 16.5. The molecule has 3 rings (SSSR count). The van der Waals surface area contributed by atoms with Crippen molar-refractivity contribution in [2.45, 2.75) is 13.3 Å². The summed E-state index contributed by atoms with van der Waals surface area (Å²) in [6.07, 6.45) is 0.649. The van der Waals surface area contributed by atoms with Gasteiger partial charge >= 0.3 is 0 Å². The van der Waals surface area contributed by atoms with Crippen molar-refractivity contribution in [2.24, 2.45) is 0 Å². The van der Waals surface area contributed by atoms with Gasteiger partial charge in [-0.25, -0.2) is 4.98 Å². The van der Waals surface area contributed by atoms with E-state index < -0.39 is 0 Å². The molecule has 1 aliphatic heterocycles. The molecule has 1 N–H and O–H groups in total. The van der Waals surface area contributed by atoms with Gasteiger partial charge in [0.25, 0.3) is 11.8 Å². The maximum atomic E-state index is 12.7. The molecule has 7 heteroatoms. The first-order valence-corrected chi connectivity index (χ1v) is 10.0. The highest BCUT2D eigenvalue weighted by Gasteiger charge is 2.22. The zero-order chi connectivity index (χ0) is 20.6. The van der Waals surface area contributed by atoms with E-state index in [0.29, 0.717) is 31.7 Å². The molecule has 1 aliphatic rings. The molecule has 0 spiro atoms. The fraction of sp³-hybridized carbons (Fsp3) is 0.409. The Morgan fingerprint density at radius 1 is 1.03 bits per heavy atom. The molecule has 2 aromatic rings. The minimum absolute atomic E-state index is 0.121. The van der Waals surface area contributed by atoms with Gasteiger partial charge in [0.1, 0.15) is 17.1 Å². The van der Waals surface area contributed by atoms with Gasteiger partial charge in [0.2, 0.25) is 0 Å². The lowest BCUT2D eigenvalue weighted by atomic mass is 10.1. The van der Waals surface area contributed by atoms with Crippen LogP contribution in [-0.2, 0) is 6.42 Å². The van der Waals surface area contributed by atoms with Gasteiger partial charge in [0.05, 0.1) is 7.11 Å². The summed E-state index contributed by atoms with van der Waals surface area (Å²) in [6.45, 7) is 6.67. The van der Waals surface area contributed by atoms with Crippen molar-refractivity contribution in [1.29, 1.82) is 0 Å². The molecule has 1 fully saturated rings. The Hall–Kier alpha value is -2.93. The summed E-state index contributed by atoms with van der Waals surface area (Å²) in [4.78, 5) is 33.6. The van der Waals surface area contributed by atoms with E-state index in [9.17, 15) is 9.59 Å². The number of carbonyl (C=O) groups excluding carboxylic acids is 2. The van der Waals surface area contributed by atoms with E-state index in [-0.39, 0.29) is 17.5 Å². The van der Waals surface area contributed by atoms with Gasteiger partial charge in [-0.05, 0) is 36.7 Å². The largest absolute Gasteiger partial charge is 0.496 e. The van der Waals surface area contributed by atoms with Crippen molar-refractivity contribution < 1.29 is 14.3 Å². The fourth-order valence-electron chi connectivity index (χ4n) is 3.42. The van der Waals surface area contributed by atoms with Crippen molar-refractivity contribution in [3.05, 3.63) is 59.4 Å². The first-order chi connectivity index (χ1) is 14.1. The van der Waals surface area contributed by atoms with Crippen LogP contribution >= 0.6 is 0 Å². The van der Waals surface area contributed by atoms with Crippen LogP contribution in [0.25, 0.3) is 0 Å². The van der Waals surface area contributed by atoms with E-state index in [1.807, 2.05) is 24.3 Å². The average Bonchev–Trinajstić information content (AvgIpc) is 2.79. The zero-order valence-corrected chi connectivity index (χ0v) is 17.1. The number of piperazine rings is 1. The summed E-state index contributed by atoms with van der Waals surface area (Å²) in [5, 5.41) is 2.87. The molecular formula is C22H28N4O3. The third-order valence-corrected chi connectivity index (χ3v) is 5.18. The molecule has 1 saturated heterocycles. The first-order valence-electron chi connectivity index (χ1n) is 10.0. The van der Waals surface area contributed by atoms with Crippen LogP contribution in [0.1, 0.15) is 33.5 Å². The molecular weight excluding hydrogens is 368 g/mol. The zero-order valence-electron chi connectivity index (χ0n) is 17.1. The molecule has 2 amide bonds. The molecule has 29 heavy (non-hydrogen) atoms. The summed E-state index contributed by atoms with van der Waals surface area (Å²) in [5.74, 6) is 0.394. The average molecular weight is 396 g/mol. The van der Waals surface area contributed by atoms with Crippen molar-refractivity contribution in [2.75, 3.05) is 46.4 Å². The Morgan fingerprint density at radius 3 is 2.48 bits per heavy atom. The number of hydrogen-bond acceptors (Lipinski definition) is 5. The molecule has 2 heterocycles. The smallest absolute Gasteiger partial charge is 0.272 e. The number of pyridine rings is 1. The minimum Gasteiger partial charge on any atom is -0.496 e. The third-order valence-electron chi connectivity index (χ3n) is 5.18. The van der Waals surface area contributed by atoms with E-state index in [2.05, 4.69) is 22.1 Å². The number of rotatable bonds is 7. The van der Waals surface area contributed by atoms with Gasteiger partial charge in [-0.3, -0.25) is 9.59 Å². The number of nitrogens with zero attached hydrogens (tertiary/aromatic N) is 3. The van der Waals surface area contributed by atoms with Gasteiger partial charge in [-0.15, -0.1) is 0 Å². The van der Waals surface area contributed by atoms with Gasteiger partial charge < -0.3 is 19.9 Å². The molecule has 0 bridgehead atoms. The van der Waals surface area contributed by atoms with Gasteiger partial charge in [0, 0.05) is 32.7 Å². The van der Waals surface area contributed by atoms with E-state index >= 15 is 0 Å². The highest BCUT2D eigenvalue weighted by molar-refractivity contribution is 5.96. The maximum absolute atomic E-state index is 12.7. The van der Waals surface area contributed by atoms with Crippen LogP contribution in [0.4, 0.5) is 0 Å². The van der Waals surface area contributed by atoms with Crippen LogP contribution in [0.2, 0.25) is 0 Å². The predicted octanol–water partition coefficient (Wildman–Crippen LogP) is 1.84. The molecule has 0 radical (unpaired) electrons. The molecule has 7 nitrogen and oxygen atoms in total. The SMILES string of the molecule is CCN1CCN(C(=O)c2cccc(C(=O)NCCc3ccccc3OC)n2)CC1. The summed E-state index contributed by atoms with van der Waals surface area (Å²) in [7, 11) is 1.63. The van der Waals surface area contributed by atoms with E-state index in [1.165, 1.54) is 0 Å². The molecule has 0 unspecified atom stereocenters. The van der Waals surface area contributed by atoms with Crippen molar-refractivity contribution >= 4 is 11.8 Å². The maximum Gasteiger partial charge on any atom is 0.272 e. The highest BCUT2D eigenvalue weighted by Crippen LogP contribution is 2.17. The molecule has 154 valence electrons. The molecule has 1 aromatic heterocycles. The number of hydrogen-bond donors (Lipinski definition) is 1. The van der Waals surface area contributed by atoms with Gasteiger partial charge in [-0.2, -0.15) is 0 Å². The van der Waals surface area contributed by atoms with Crippen molar-refractivity contribution in [3.8, 4) is 5.75 Å². The first kappa shape index (κ1) is 20.8. The van der Waals surface area contributed by atoms with Crippen LogP contribution in [0, 0.1) is 0 Å². The Morgan fingerprint density at radius 2 is 1.76 bits per heavy atom. The minimum atomic E-state index is -0.287. The Labute approximate surface area is 171 Å². The van der Waals surface area contributed by atoms with Gasteiger partial charge in [-0.1, -0.05) is 31.2 Å². The Bertz CT molecular complexity index is 847. The second-order valence-corrected chi connectivity index (χ2v) is 6.95. The van der Waals surface area contributed by atoms with Crippen molar-refractivity contribution in [1.82, 2.24) is 20.1 Å². The fourth-order valence-corrected chi connectivity index (χ4v) is 3.42. The van der Waals surface area contributed by atoms with Crippen LogP contribution in [0.5, 0.6) is 5.75 Å². The second-order valence-electron chi connectivity index (χ2n) is 6.95. The van der Waals surface area contributed by atoms with Gasteiger partial charge in [0.15, 0.2) is 0 Å². The van der Waals surface area contributed by atoms with E-state index in [4.69, 9.17) is 4.74 Å². The number of aromatic nitrogens is 1. The Kier molecular flexibility index (Phi) is 7.19. The number of likely N-dealkylation sites (N-methyl/N-ethyl adjacent to an activating group) is 1. The second kappa shape index (κ2) is 10.0. The number of benzene rings is 1. The third kappa shape index (κ3) is 5.32. The van der Waals surface area contributed by atoms with E-state index in [1.54, 1.807) is 30.2 Å². The summed E-state index contributed by atoms with van der Waals surface area (Å²) in [6, 6.07) is 12.7. The summed E-state index contributed by atoms with van der Waals surface area (Å²) in [5.41, 5.74) is 1.59. The summed E-state index contributed by atoms with van der Waals surface area (Å²) >= 11 is 0. The number of carbonyl (C=O) groups is 2.